The van der Waals surface area contributed by atoms with E-state index in [1.54, 1.807) is 7.05 Å². The molecule has 0 aliphatic carbocycles. The zero-order valence-corrected chi connectivity index (χ0v) is 11.9. The topological polar surface area (TPSA) is 72.4 Å². The van der Waals surface area contributed by atoms with Gasteiger partial charge >= 0.3 is 6.01 Å². The highest BCUT2D eigenvalue weighted by atomic mass is 16.5. The van der Waals surface area contributed by atoms with Gasteiger partial charge < -0.3 is 19.7 Å². The van der Waals surface area contributed by atoms with Gasteiger partial charge in [0.05, 0.1) is 18.8 Å². The number of hydrogen-bond acceptors (Lipinski definition) is 7. The number of anilines is 2. The molecule has 1 N–H and O–H groups in total. The van der Waals surface area contributed by atoms with Crippen LogP contribution in [-0.2, 0) is 4.74 Å². The molecule has 1 fully saturated rings. The highest BCUT2D eigenvalue weighted by Crippen LogP contribution is 2.22. The molecule has 1 aliphatic rings. The summed E-state index contributed by atoms with van der Waals surface area (Å²) in [7, 11) is 1.78. The van der Waals surface area contributed by atoms with Crippen LogP contribution in [0.15, 0.2) is 0 Å². The molecule has 1 saturated heterocycles. The second-order valence-corrected chi connectivity index (χ2v) is 4.95. The number of rotatable bonds is 4. The van der Waals surface area contributed by atoms with Gasteiger partial charge in [0.25, 0.3) is 0 Å². The minimum absolute atomic E-state index is 0.198. The van der Waals surface area contributed by atoms with E-state index in [1.807, 2.05) is 6.92 Å². The minimum Gasteiger partial charge on any atom is -0.464 e. The molecule has 0 amide bonds. The van der Waals surface area contributed by atoms with E-state index in [0.29, 0.717) is 31.1 Å². The molecule has 2 heterocycles. The maximum absolute atomic E-state index is 5.69. The molecule has 0 radical (unpaired) electrons. The highest BCUT2D eigenvalue weighted by Gasteiger charge is 2.29. The third-order valence-electron chi connectivity index (χ3n) is 2.81. The third-order valence-corrected chi connectivity index (χ3v) is 2.81. The second-order valence-electron chi connectivity index (χ2n) is 4.95. The summed E-state index contributed by atoms with van der Waals surface area (Å²) in [5.74, 6) is 1.14. The number of morpholine rings is 1. The van der Waals surface area contributed by atoms with E-state index in [2.05, 4.69) is 39.0 Å². The number of nitrogens with zero attached hydrogens (tertiary/aromatic N) is 4. The summed E-state index contributed by atoms with van der Waals surface area (Å²) >= 11 is 0. The van der Waals surface area contributed by atoms with Crippen molar-refractivity contribution < 1.29 is 9.47 Å². The Labute approximate surface area is 113 Å². The zero-order valence-electron chi connectivity index (χ0n) is 11.9. The van der Waals surface area contributed by atoms with Crippen LogP contribution in [0.3, 0.4) is 0 Å². The Morgan fingerprint density at radius 3 is 2.79 bits per heavy atom. The third kappa shape index (κ3) is 3.44. The molecule has 1 aromatic rings. The summed E-state index contributed by atoms with van der Waals surface area (Å²) in [6.07, 6.45) is 0. The summed E-state index contributed by atoms with van der Waals surface area (Å²) < 4.78 is 11.1. The van der Waals surface area contributed by atoms with Gasteiger partial charge in [-0.05, 0) is 20.8 Å². The van der Waals surface area contributed by atoms with Gasteiger partial charge in [-0.15, -0.1) is 0 Å². The van der Waals surface area contributed by atoms with Crippen LogP contribution in [0.1, 0.15) is 20.8 Å². The minimum atomic E-state index is -0.198. The van der Waals surface area contributed by atoms with Crippen molar-refractivity contribution in [3.05, 3.63) is 0 Å². The van der Waals surface area contributed by atoms with Gasteiger partial charge in [-0.25, -0.2) is 0 Å². The van der Waals surface area contributed by atoms with Crippen molar-refractivity contribution >= 4 is 11.9 Å². The summed E-state index contributed by atoms with van der Waals surface area (Å²) in [5.41, 5.74) is -0.198. The Morgan fingerprint density at radius 2 is 2.16 bits per heavy atom. The molecule has 7 heteroatoms. The normalized spacial score (nSPS) is 18.2. The van der Waals surface area contributed by atoms with E-state index in [1.165, 1.54) is 0 Å². The van der Waals surface area contributed by atoms with Crippen LogP contribution < -0.4 is 15.0 Å². The average Bonchev–Trinajstić information content (AvgIpc) is 2.37. The van der Waals surface area contributed by atoms with Gasteiger partial charge in [0.2, 0.25) is 11.9 Å². The van der Waals surface area contributed by atoms with Gasteiger partial charge in [0, 0.05) is 20.1 Å². The summed E-state index contributed by atoms with van der Waals surface area (Å²) in [6.45, 7) is 8.72. The second kappa shape index (κ2) is 5.56. The van der Waals surface area contributed by atoms with Crippen molar-refractivity contribution in [1.29, 1.82) is 0 Å². The molecule has 0 unspecified atom stereocenters. The molecule has 2 rings (SSSR count). The monoisotopic (exact) mass is 267 g/mol. The first-order chi connectivity index (χ1) is 9.04. The van der Waals surface area contributed by atoms with E-state index in [9.17, 15) is 0 Å². The van der Waals surface area contributed by atoms with Crippen molar-refractivity contribution in [1.82, 2.24) is 15.0 Å². The van der Waals surface area contributed by atoms with Gasteiger partial charge in [-0.1, -0.05) is 0 Å². The average molecular weight is 267 g/mol. The predicted octanol–water partition coefficient (Wildman–Crippen LogP) is 0.927. The lowest BCUT2D eigenvalue weighted by molar-refractivity contribution is -0.0281. The van der Waals surface area contributed by atoms with Crippen LogP contribution in [-0.4, -0.2) is 53.9 Å². The van der Waals surface area contributed by atoms with Crippen molar-refractivity contribution in [2.75, 3.05) is 43.6 Å². The van der Waals surface area contributed by atoms with Crippen LogP contribution in [0.4, 0.5) is 11.9 Å². The molecule has 0 aromatic carbocycles. The Bertz CT molecular complexity index is 438. The molecular weight excluding hydrogens is 246 g/mol. The summed E-state index contributed by atoms with van der Waals surface area (Å²) in [6, 6.07) is 0.348. The predicted molar refractivity (Wildman–Crippen MR) is 72.8 cm³/mol. The molecule has 106 valence electrons. The quantitative estimate of drug-likeness (QED) is 0.869. The fraction of sp³-hybridized carbons (Fsp3) is 0.750. The fourth-order valence-electron chi connectivity index (χ4n) is 1.98. The summed E-state index contributed by atoms with van der Waals surface area (Å²) in [5, 5.41) is 2.93. The Balaban J connectivity index is 2.25. The first-order valence-corrected chi connectivity index (χ1v) is 6.49. The summed E-state index contributed by atoms with van der Waals surface area (Å²) in [4.78, 5) is 15.0. The molecular formula is C12H21N5O2. The first kappa shape index (κ1) is 13.8. The van der Waals surface area contributed by atoms with Crippen LogP contribution in [0.25, 0.3) is 0 Å². The molecule has 19 heavy (non-hydrogen) atoms. The molecule has 1 aliphatic heterocycles. The van der Waals surface area contributed by atoms with Gasteiger partial charge in [0.15, 0.2) is 0 Å². The van der Waals surface area contributed by atoms with Gasteiger partial charge in [0.1, 0.15) is 0 Å². The van der Waals surface area contributed by atoms with Crippen LogP contribution in [0.2, 0.25) is 0 Å². The van der Waals surface area contributed by atoms with E-state index in [-0.39, 0.29) is 5.60 Å². The number of hydrogen-bond donors (Lipinski definition) is 1. The highest BCUT2D eigenvalue weighted by molar-refractivity contribution is 5.38. The first-order valence-electron chi connectivity index (χ1n) is 6.49. The van der Waals surface area contributed by atoms with Crippen molar-refractivity contribution in [2.24, 2.45) is 0 Å². The van der Waals surface area contributed by atoms with E-state index in [4.69, 9.17) is 9.47 Å². The molecule has 7 nitrogen and oxygen atoms in total. The van der Waals surface area contributed by atoms with Crippen molar-refractivity contribution in [3.8, 4) is 6.01 Å². The van der Waals surface area contributed by atoms with Crippen LogP contribution in [0, 0.1) is 0 Å². The fourth-order valence-corrected chi connectivity index (χ4v) is 1.98. The SMILES string of the molecule is CCOc1nc(NC)nc(N2CCOC(C)(C)C2)n1. The number of aromatic nitrogens is 3. The maximum Gasteiger partial charge on any atom is 0.323 e. The number of ether oxygens (including phenoxy) is 2. The largest absolute Gasteiger partial charge is 0.464 e. The van der Waals surface area contributed by atoms with E-state index in [0.717, 1.165) is 13.1 Å². The Kier molecular flexibility index (Phi) is 4.04. The van der Waals surface area contributed by atoms with E-state index >= 15 is 0 Å². The molecule has 0 spiro atoms. The lowest BCUT2D eigenvalue weighted by Gasteiger charge is -2.38. The number of nitrogens with one attached hydrogen (secondary N) is 1. The molecule has 0 bridgehead atoms. The van der Waals surface area contributed by atoms with Crippen molar-refractivity contribution in [3.63, 3.8) is 0 Å². The van der Waals surface area contributed by atoms with Crippen molar-refractivity contribution in [2.45, 2.75) is 26.4 Å². The Hall–Kier alpha value is -1.63. The lowest BCUT2D eigenvalue weighted by atomic mass is 10.1. The lowest BCUT2D eigenvalue weighted by Crippen LogP contribution is -2.49. The van der Waals surface area contributed by atoms with Crippen LogP contribution >= 0.6 is 0 Å². The smallest absolute Gasteiger partial charge is 0.323 e. The van der Waals surface area contributed by atoms with Gasteiger partial charge in [-0.2, -0.15) is 15.0 Å². The molecule has 0 atom stereocenters. The standard InChI is InChI=1S/C12H21N5O2/c1-5-18-11-15-9(13-4)14-10(16-11)17-6-7-19-12(2,3)8-17/h5-8H2,1-4H3,(H,13,14,15,16). The van der Waals surface area contributed by atoms with Crippen LogP contribution in [0.5, 0.6) is 6.01 Å². The maximum atomic E-state index is 5.69. The van der Waals surface area contributed by atoms with Gasteiger partial charge in [-0.3, -0.25) is 0 Å². The Morgan fingerprint density at radius 1 is 1.37 bits per heavy atom. The zero-order chi connectivity index (χ0) is 13.9. The molecule has 0 saturated carbocycles. The van der Waals surface area contributed by atoms with E-state index < -0.39 is 0 Å². The molecule has 1 aromatic heterocycles.